The third-order valence-corrected chi connectivity index (χ3v) is 5.35. The fourth-order valence-electron chi connectivity index (χ4n) is 3.68. The maximum atomic E-state index is 12.8. The lowest BCUT2D eigenvalue weighted by Crippen LogP contribution is -2.48. The number of methoxy groups -OCH3 is 1. The van der Waals surface area contributed by atoms with E-state index in [0.29, 0.717) is 35.4 Å². The van der Waals surface area contributed by atoms with Gasteiger partial charge in [0.2, 0.25) is 0 Å². The van der Waals surface area contributed by atoms with Crippen LogP contribution in [0.15, 0.2) is 53.7 Å². The number of thiocarbonyl (C=S) groups is 1. The molecule has 2 heterocycles. The Hall–Kier alpha value is -3.06. The van der Waals surface area contributed by atoms with E-state index in [9.17, 15) is 4.79 Å². The summed E-state index contributed by atoms with van der Waals surface area (Å²) in [6.07, 6.45) is 0. The molecule has 0 fully saturated rings. The Morgan fingerprint density at radius 2 is 1.90 bits per heavy atom. The van der Waals surface area contributed by atoms with Crippen LogP contribution in [0, 0.1) is 6.92 Å². The van der Waals surface area contributed by atoms with E-state index in [4.69, 9.17) is 26.4 Å². The van der Waals surface area contributed by atoms with Gasteiger partial charge in [-0.15, -0.1) is 0 Å². The van der Waals surface area contributed by atoms with Gasteiger partial charge in [0.25, 0.3) is 0 Å². The maximum Gasteiger partial charge on any atom is 0.337 e. The van der Waals surface area contributed by atoms with E-state index < -0.39 is 12.0 Å². The molecule has 1 unspecified atom stereocenters. The van der Waals surface area contributed by atoms with Gasteiger partial charge in [0.05, 0.1) is 18.7 Å². The number of carbonyl (C=O) groups excluding carboxylic acids is 1. The molecule has 29 heavy (non-hydrogen) atoms. The van der Waals surface area contributed by atoms with E-state index in [1.165, 1.54) is 7.11 Å². The van der Waals surface area contributed by atoms with Crippen LogP contribution >= 0.6 is 12.2 Å². The smallest absolute Gasteiger partial charge is 0.337 e. The first-order valence-corrected chi connectivity index (χ1v) is 9.76. The first kappa shape index (κ1) is 19.3. The Bertz CT molecular complexity index is 1020. The van der Waals surface area contributed by atoms with E-state index in [-0.39, 0.29) is 0 Å². The lowest BCUT2D eigenvalue weighted by atomic mass is 9.94. The zero-order valence-corrected chi connectivity index (χ0v) is 17.3. The van der Waals surface area contributed by atoms with Crippen molar-refractivity contribution in [2.75, 3.05) is 25.2 Å². The predicted molar refractivity (Wildman–Crippen MR) is 114 cm³/mol. The summed E-state index contributed by atoms with van der Waals surface area (Å²) in [5.74, 6) is 0.944. The summed E-state index contributed by atoms with van der Waals surface area (Å²) < 4.78 is 16.4. The largest absolute Gasteiger partial charge is 0.486 e. The molecule has 0 amide bonds. The molecule has 4 rings (SSSR count). The van der Waals surface area contributed by atoms with Crippen LogP contribution in [0.2, 0.25) is 0 Å². The molecule has 0 saturated heterocycles. The number of nitrogens with one attached hydrogen (secondary N) is 1. The third kappa shape index (κ3) is 3.53. The Kier molecular flexibility index (Phi) is 5.15. The first-order valence-electron chi connectivity index (χ1n) is 9.35. The summed E-state index contributed by atoms with van der Waals surface area (Å²) in [5, 5.41) is 3.82. The molecule has 0 radical (unpaired) electrons. The van der Waals surface area contributed by atoms with Crippen LogP contribution in [0.5, 0.6) is 11.5 Å². The van der Waals surface area contributed by atoms with Crippen molar-refractivity contribution < 1.29 is 19.0 Å². The highest BCUT2D eigenvalue weighted by atomic mass is 32.1. The number of allylic oxidation sites excluding steroid dienone is 1. The van der Waals surface area contributed by atoms with Crippen molar-refractivity contribution in [2.45, 2.75) is 19.9 Å². The van der Waals surface area contributed by atoms with Crippen LogP contribution in [0.3, 0.4) is 0 Å². The molecule has 0 saturated carbocycles. The molecule has 2 aromatic rings. The maximum absolute atomic E-state index is 12.8. The molecular weight excluding hydrogens is 388 g/mol. The Morgan fingerprint density at radius 1 is 1.14 bits per heavy atom. The second kappa shape index (κ2) is 7.75. The third-order valence-electron chi connectivity index (χ3n) is 5.05. The van der Waals surface area contributed by atoms with E-state index in [1.54, 1.807) is 0 Å². The number of fused-ring (bicyclic) bond motifs is 1. The van der Waals surface area contributed by atoms with E-state index >= 15 is 0 Å². The lowest BCUT2D eigenvalue weighted by Gasteiger charge is -2.37. The molecular formula is C22H22N2O4S. The molecule has 7 heteroatoms. The summed E-state index contributed by atoms with van der Waals surface area (Å²) in [7, 11) is 1.38. The van der Waals surface area contributed by atoms with Gasteiger partial charge in [-0.2, -0.15) is 0 Å². The number of anilines is 1. The number of carbonyl (C=O) groups is 1. The highest BCUT2D eigenvalue weighted by molar-refractivity contribution is 7.80. The highest BCUT2D eigenvalue weighted by Crippen LogP contribution is 2.38. The fourth-order valence-corrected chi connectivity index (χ4v) is 4.05. The molecule has 0 spiro atoms. The van der Waals surface area contributed by atoms with E-state index in [0.717, 1.165) is 22.5 Å². The van der Waals surface area contributed by atoms with Crippen LogP contribution in [0.25, 0.3) is 0 Å². The number of ether oxygens (including phenoxy) is 3. The number of nitrogens with zero attached hydrogens (tertiary/aromatic N) is 1. The summed E-state index contributed by atoms with van der Waals surface area (Å²) in [4.78, 5) is 14.6. The van der Waals surface area contributed by atoms with Crippen molar-refractivity contribution in [1.29, 1.82) is 0 Å². The molecule has 0 bridgehead atoms. The summed E-state index contributed by atoms with van der Waals surface area (Å²) >= 11 is 5.68. The molecule has 6 nitrogen and oxygen atoms in total. The SMILES string of the molecule is COC(=O)C1=C(C)N(c2cccc(C)c2)C(=S)NC1c1ccc2c(c1)OCCO2. The normalized spacial score (nSPS) is 18.4. The first-order chi connectivity index (χ1) is 14.0. The van der Waals surface area contributed by atoms with Crippen LogP contribution in [0.1, 0.15) is 24.1 Å². The number of benzene rings is 2. The van der Waals surface area contributed by atoms with Gasteiger partial charge in [0.15, 0.2) is 16.6 Å². The molecule has 0 aromatic heterocycles. The molecule has 150 valence electrons. The van der Waals surface area contributed by atoms with Crippen molar-refractivity contribution >= 4 is 29.0 Å². The quantitative estimate of drug-likeness (QED) is 0.612. The Labute approximate surface area is 175 Å². The molecule has 1 N–H and O–H groups in total. The van der Waals surface area contributed by atoms with Gasteiger partial charge in [0.1, 0.15) is 13.2 Å². The number of esters is 1. The average Bonchev–Trinajstić information content (AvgIpc) is 2.72. The number of hydrogen-bond acceptors (Lipinski definition) is 5. The summed E-state index contributed by atoms with van der Waals surface area (Å²) in [5.41, 5.74) is 4.07. The van der Waals surface area contributed by atoms with Crippen LogP contribution < -0.4 is 19.7 Å². The topological polar surface area (TPSA) is 60.0 Å². The van der Waals surface area contributed by atoms with Gasteiger partial charge < -0.3 is 19.5 Å². The van der Waals surface area contributed by atoms with Crippen molar-refractivity contribution in [2.24, 2.45) is 0 Å². The van der Waals surface area contributed by atoms with Crippen LogP contribution in [-0.2, 0) is 9.53 Å². The fraction of sp³-hybridized carbons (Fsp3) is 0.273. The number of aryl methyl sites for hydroxylation is 1. The molecule has 2 aromatic carbocycles. The van der Waals surface area contributed by atoms with Gasteiger partial charge in [-0.3, -0.25) is 4.90 Å². The van der Waals surface area contributed by atoms with Crippen molar-refractivity contribution in [3.05, 3.63) is 64.9 Å². The van der Waals surface area contributed by atoms with Crippen molar-refractivity contribution in [1.82, 2.24) is 5.32 Å². The second-order valence-electron chi connectivity index (χ2n) is 6.95. The standard InChI is InChI=1S/C22H22N2O4S/c1-13-5-4-6-16(11-13)24-14(2)19(21(25)26-3)20(23-22(24)29)15-7-8-17-18(12-15)28-10-9-27-17/h4-8,11-12,20H,9-10H2,1-3H3,(H,23,29). The number of hydrogen-bond donors (Lipinski definition) is 1. The van der Waals surface area contributed by atoms with Gasteiger partial charge in [-0.05, 0) is 61.5 Å². The van der Waals surface area contributed by atoms with Gasteiger partial charge in [0, 0.05) is 11.4 Å². The van der Waals surface area contributed by atoms with E-state index in [2.05, 4.69) is 5.32 Å². The molecule has 0 aliphatic carbocycles. The monoisotopic (exact) mass is 410 g/mol. The molecule has 2 aliphatic heterocycles. The Morgan fingerprint density at radius 3 is 2.62 bits per heavy atom. The summed E-state index contributed by atoms with van der Waals surface area (Å²) in [6.45, 7) is 4.91. The second-order valence-corrected chi connectivity index (χ2v) is 7.34. The zero-order valence-electron chi connectivity index (χ0n) is 16.5. The average molecular weight is 410 g/mol. The van der Waals surface area contributed by atoms with Gasteiger partial charge >= 0.3 is 5.97 Å². The minimum absolute atomic E-state index is 0.407. The van der Waals surface area contributed by atoms with Gasteiger partial charge in [-0.1, -0.05) is 18.2 Å². The summed E-state index contributed by atoms with van der Waals surface area (Å²) in [6, 6.07) is 13.2. The van der Waals surface area contributed by atoms with Crippen molar-refractivity contribution in [3.8, 4) is 11.5 Å². The predicted octanol–water partition coefficient (Wildman–Crippen LogP) is 3.65. The van der Waals surface area contributed by atoms with Crippen molar-refractivity contribution in [3.63, 3.8) is 0 Å². The van der Waals surface area contributed by atoms with Gasteiger partial charge in [-0.25, -0.2) is 4.79 Å². The zero-order chi connectivity index (χ0) is 20.5. The molecule has 2 aliphatic rings. The Balaban J connectivity index is 1.81. The van der Waals surface area contributed by atoms with Crippen LogP contribution in [-0.4, -0.2) is 31.4 Å². The minimum atomic E-state index is -0.452. The number of rotatable bonds is 3. The molecule has 1 atom stereocenters. The van der Waals surface area contributed by atoms with Crippen LogP contribution in [0.4, 0.5) is 5.69 Å². The highest BCUT2D eigenvalue weighted by Gasteiger charge is 2.35. The van der Waals surface area contributed by atoms with E-state index in [1.807, 2.05) is 61.2 Å². The minimum Gasteiger partial charge on any atom is -0.486 e. The lowest BCUT2D eigenvalue weighted by molar-refractivity contribution is -0.136.